The molecule has 1 aromatic heterocycles. The number of aromatic nitrogens is 1. The molecule has 0 saturated heterocycles. The monoisotopic (exact) mass is 308 g/mol. The molecule has 0 spiro atoms. The van der Waals surface area contributed by atoms with E-state index in [1.165, 1.54) is 12.8 Å². The molecule has 1 aromatic carbocycles. The van der Waals surface area contributed by atoms with Gasteiger partial charge in [0, 0.05) is 4.47 Å². The molecule has 2 aromatic rings. The molecule has 0 radical (unpaired) electrons. The molecule has 96 valence electrons. The van der Waals surface area contributed by atoms with E-state index in [0.29, 0.717) is 5.88 Å². The fraction of sp³-hybridized carbons (Fsp3) is 0.357. The minimum absolute atomic E-state index is 0.402. The molecule has 0 unspecified atom stereocenters. The maximum Gasteiger partial charge on any atom is 0.230 e. The first kappa shape index (κ1) is 13.1. The highest BCUT2D eigenvalue weighted by molar-refractivity contribution is 9.10. The van der Waals surface area contributed by atoms with Crippen molar-refractivity contribution in [3.63, 3.8) is 0 Å². The first-order chi connectivity index (χ1) is 8.72. The second-order valence-corrected chi connectivity index (χ2v) is 5.25. The van der Waals surface area contributed by atoms with Gasteiger partial charge in [-0.25, -0.2) is 0 Å². The van der Waals surface area contributed by atoms with Crippen LogP contribution in [0.5, 0.6) is 0 Å². The molecule has 0 aliphatic carbocycles. The molecule has 0 aliphatic heterocycles. The largest absolute Gasteiger partial charge is 0.367 e. The molecule has 18 heavy (non-hydrogen) atoms. The molecule has 0 bridgehead atoms. The molecule has 0 amide bonds. The van der Waals surface area contributed by atoms with Crippen molar-refractivity contribution < 1.29 is 4.52 Å². The smallest absolute Gasteiger partial charge is 0.230 e. The molecular weight excluding hydrogens is 292 g/mol. The summed E-state index contributed by atoms with van der Waals surface area (Å²) in [4.78, 5) is 0. The van der Waals surface area contributed by atoms with E-state index in [4.69, 9.17) is 10.3 Å². The van der Waals surface area contributed by atoms with Crippen LogP contribution in [0.25, 0.3) is 11.1 Å². The van der Waals surface area contributed by atoms with Crippen LogP contribution in [-0.4, -0.2) is 5.16 Å². The summed E-state index contributed by atoms with van der Waals surface area (Å²) >= 11 is 3.47. The van der Waals surface area contributed by atoms with Crippen LogP contribution in [0, 0.1) is 0 Å². The second kappa shape index (κ2) is 6.05. The maximum atomic E-state index is 5.88. The van der Waals surface area contributed by atoms with Gasteiger partial charge in [-0.1, -0.05) is 53.0 Å². The lowest BCUT2D eigenvalue weighted by Gasteiger charge is -2.03. The fourth-order valence-electron chi connectivity index (χ4n) is 2.00. The molecule has 0 aliphatic rings. The quantitative estimate of drug-likeness (QED) is 0.832. The Morgan fingerprint density at radius 3 is 2.89 bits per heavy atom. The third-order valence-corrected chi connectivity index (χ3v) is 3.41. The molecule has 3 nitrogen and oxygen atoms in total. The summed E-state index contributed by atoms with van der Waals surface area (Å²) in [7, 11) is 0. The Bertz CT molecular complexity index is 522. The fourth-order valence-corrected chi connectivity index (χ4v) is 2.40. The number of nitrogens with zero attached hydrogens (tertiary/aromatic N) is 1. The van der Waals surface area contributed by atoms with E-state index in [1.807, 2.05) is 24.3 Å². The number of anilines is 1. The van der Waals surface area contributed by atoms with Crippen LogP contribution in [0.4, 0.5) is 5.88 Å². The van der Waals surface area contributed by atoms with Crippen LogP contribution < -0.4 is 5.73 Å². The summed E-state index contributed by atoms with van der Waals surface area (Å²) in [5.74, 6) is 0.402. The Morgan fingerprint density at radius 2 is 2.17 bits per heavy atom. The van der Waals surface area contributed by atoms with E-state index in [0.717, 1.165) is 34.1 Å². The van der Waals surface area contributed by atoms with E-state index in [9.17, 15) is 0 Å². The van der Waals surface area contributed by atoms with Crippen molar-refractivity contribution in [2.75, 3.05) is 5.73 Å². The van der Waals surface area contributed by atoms with Crippen molar-refractivity contribution in [2.24, 2.45) is 0 Å². The number of benzene rings is 1. The summed E-state index contributed by atoms with van der Waals surface area (Å²) in [5, 5.41) is 4.08. The van der Waals surface area contributed by atoms with Crippen molar-refractivity contribution in [1.29, 1.82) is 0 Å². The zero-order valence-electron chi connectivity index (χ0n) is 10.4. The Labute approximate surface area is 115 Å². The van der Waals surface area contributed by atoms with Crippen LogP contribution in [0.15, 0.2) is 33.3 Å². The van der Waals surface area contributed by atoms with E-state index in [-0.39, 0.29) is 0 Å². The summed E-state index contributed by atoms with van der Waals surface area (Å²) in [6.45, 7) is 2.19. The predicted molar refractivity (Wildman–Crippen MR) is 77.3 cm³/mol. The zero-order valence-corrected chi connectivity index (χ0v) is 12.0. The van der Waals surface area contributed by atoms with Gasteiger partial charge >= 0.3 is 0 Å². The lowest BCUT2D eigenvalue weighted by molar-refractivity contribution is 0.426. The van der Waals surface area contributed by atoms with Crippen LogP contribution in [0.2, 0.25) is 0 Å². The van der Waals surface area contributed by atoms with Crippen LogP contribution in [-0.2, 0) is 6.42 Å². The number of aryl methyl sites for hydroxylation is 1. The van der Waals surface area contributed by atoms with Crippen LogP contribution in [0.3, 0.4) is 0 Å². The second-order valence-electron chi connectivity index (χ2n) is 4.34. The Hall–Kier alpha value is -1.29. The Morgan fingerprint density at radius 1 is 1.33 bits per heavy atom. The highest BCUT2D eigenvalue weighted by Crippen LogP contribution is 2.32. The number of nitrogens with two attached hydrogens (primary N) is 1. The number of hydrogen-bond donors (Lipinski definition) is 1. The highest BCUT2D eigenvalue weighted by Gasteiger charge is 2.15. The third-order valence-electron chi connectivity index (χ3n) is 2.92. The molecule has 4 heteroatoms. The van der Waals surface area contributed by atoms with E-state index < -0.39 is 0 Å². The van der Waals surface area contributed by atoms with Crippen molar-refractivity contribution in [1.82, 2.24) is 5.16 Å². The van der Waals surface area contributed by atoms with Gasteiger partial charge in [0.05, 0.1) is 11.3 Å². The number of nitrogen functional groups attached to an aromatic ring is 1. The first-order valence-electron chi connectivity index (χ1n) is 6.22. The summed E-state index contributed by atoms with van der Waals surface area (Å²) in [6.07, 6.45) is 4.42. The maximum absolute atomic E-state index is 5.88. The molecule has 2 rings (SSSR count). The topological polar surface area (TPSA) is 52.0 Å². The lowest BCUT2D eigenvalue weighted by Crippen LogP contribution is -1.91. The minimum Gasteiger partial charge on any atom is -0.367 e. The van der Waals surface area contributed by atoms with Gasteiger partial charge in [0.15, 0.2) is 0 Å². The van der Waals surface area contributed by atoms with Gasteiger partial charge in [0.25, 0.3) is 0 Å². The van der Waals surface area contributed by atoms with Crippen LogP contribution in [0.1, 0.15) is 31.9 Å². The van der Waals surface area contributed by atoms with Gasteiger partial charge in [-0.15, -0.1) is 0 Å². The summed E-state index contributed by atoms with van der Waals surface area (Å²) < 4.78 is 6.16. The number of halogens is 1. The van der Waals surface area contributed by atoms with Gasteiger partial charge in [0.2, 0.25) is 5.88 Å². The molecule has 0 fully saturated rings. The Balaban J connectivity index is 2.29. The summed E-state index contributed by atoms with van der Waals surface area (Å²) in [5.41, 5.74) is 8.83. The van der Waals surface area contributed by atoms with Crippen molar-refractivity contribution in [3.8, 4) is 11.1 Å². The molecule has 2 N–H and O–H groups in total. The van der Waals surface area contributed by atoms with Crippen molar-refractivity contribution in [2.45, 2.75) is 32.6 Å². The average molecular weight is 309 g/mol. The van der Waals surface area contributed by atoms with Crippen LogP contribution >= 0.6 is 15.9 Å². The molecule has 0 saturated carbocycles. The zero-order chi connectivity index (χ0) is 13.0. The predicted octanol–water partition coefficient (Wildman–Crippen LogP) is 4.42. The SMILES string of the molecule is CCCCCc1noc(N)c1-c1cccc(Br)c1. The number of rotatable bonds is 5. The van der Waals surface area contributed by atoms with Crippen molar-refractivity contribution in [3.05, 3.63) is 34.4 Å². The molecule has 1 heterocycles. The minimum atomic E-state index is 0.402. The van der Waals surface area contributed by atoms with E-state index >= 15 is 0 Å². The number of hydrogen-bond acceptors (Lipinski definition) is 3. The standard InChI is InChI=1S/C14H17BrN2O/c1-2-3-4-8-12-13(14(16)18-17-12)10-6-5-7-11(15)9-10/h5-7,9H,2-4,8,16H2,1H3. The third kappa shape index (κ3) is 2.93. The molecular formula is C14H17BrN2O. The van der Waals surface area contributed by atoms with Crippen molar-refractivity contribution >= 4 is 21.8 Å². The highest BCUT2D eigenvalue weighted by atomic mass is 79.9. The van der Waals surface area contributed by atoms with Gasteiger partial charge in [-0.2, -0.15) is 0 Å². The normalized spacial score (nSPS) is 10.8. The first-order valence-corrected chi connectivity index (χ1v) is 7.01. The summed E-state index contributed by atoms with van der Waals surface area (Å²) in [6, 6.07) is 8.04. The van der Waals surface area contributed by atoms with E-state index in [2.05, 4.69) is 28.0 Å². The van der Waals surface area contributed by atoms with Gasteiger partial charge < -0.3 is 10.3 Å². The number of unbranched alkanes of at least 4 members (excludes halogenated alkanes) is 2. The van der Waals surface area contributed by atoms with Gasteiger partial charge in [-0.3, -0.25) is 0 Å². The lowest BCUT2D eigenvalue weighted by atomic mass is 10.0. The average Bonchev–Trinajstić information content (AvgIpc) is 2.71. The molecule has 0 atom stereocenters. The van der Waals surface area contributed by atoms with Gasteiger partial charge in [-0.05, 0) is 30.5 Å². The Kier molecular flexibility index (Phi) is 4.42. The van der Waals surface area contributed by atoms with Gasteiger partial charge in [0.1, 0.15) is 0 Å². The van der Waals surface area contributed by atoms with E-state index in [1.54, 1.807) is 0 Å².